The van der Waals surface area contributed by atoms with Crippen LogP contribution in [0.4, 0.5) is 4.79 Å². The lowest BCUT2D eigenvalue weighted by Gasteiger charge is -2.33. The Morgan fingerprint density at radius 2 is 1.79 bits per heavy atom. The Balaban J connectivity index is 1.49. The first-order chi connectivity index (χ1) is 18.9. The highest BCUT2D eigenvalue weighted by atomic mass is 16.2. The molecule has 3 heterocycles. The Morgan fingerprint density at radius 1 is 1.05 bits per heavy atom. The van der Waals surface area contributed by atoms with E-state index in [0.717, 1.165) is 27.8 Å². The van der Waals surface area contributed by atoms with E-state index < -0.39 is 12.1 Å². The Kier molecular flexibility index (Phi) is 7.45. The summed E-state index contributed by atoms with van der Waals surface area (Å²) in [6.07, 6.45) is 3.72. The fourth-order valence-corrected chi connectivity index (χ4v) is 5.47. The molecule has 0 saturated carbocycles. The summed E-state index contributed by atoms with van der Waals surface area (Å²) in [6.45, 7) is 6.83. The predicted molar refractivity (Wildman–Crippen MR) is 148 cm³/mol. The van der Waals surface area contributed by atoms with Crippen LogP contribution in [0.15, 0.2) is 84.3 Å². The van der Waals surface area contributed by atoms with Gasteiger partial charge >= 0.3 is 6.03 Å². The van der Waals surface area contributed by atoms with Gasteiger partial charge < -0.3 is 15.5 Å². The number of carbonyl (C=O) groups is 3. The summed E-state index contributed by atoms with van der Waals surface area (Å²) in [6, 6.07) is 17.8. The van der Waals surface area contributed by atoms with Crippen molar-refractivity contribution in [1.29, 1.82) is 0 Å². The van der Waals surface area contributed by atoms with Crippen molar-refractivity contribution >= 4 is 17.8 Å². The zero-order valence-corrected chi connectivity index (χ0v) is 22.5. The standard InChI is InChI=1S/C31H33N5O3/c1-4-35-26-19-36(30(38)27(26)28(34-31(35)39)24-11-10-20(2)16-21(24)3)25(17-22-8-6-5-7-9-22)29(37)33-18-23-12-14-32-15-13-23/h5-16,25,28H,4,17-19H2,1-3H3,(H,33,37)(H,34,39). The van der Waals surface area contributed by atoms with E-state index in [4.69, 9.17) is 0 Å². The van der Waals surface area contributed by atoms with Gasteiger partial charge in [0.15, 0.2) is 0 Å². The second-order valence-electron chi connectivity index (χ2n) is 10.1. The highest BCUT2D eigenvalue weighted by molar-refractivity contribution is 6.03. The quantitative estimate of drug-likeness (QED) is 0.470. The molecule has 3 aromatic rings. The molecular formula is C31H33N5O3. The summed E-state index contributed by atoms with van der Waals surface area (Å²) in [7, 11) is 0. The van der Waals surface area contributed by atoms with Gasteiger partial charge in [0, 0.05) is 31.9 Å². The molecule has 200 valence electrons. The molecule has 2 unspecified atom stereocenters. The lowest BCUT2D eigenvalue weighted by atomic mass is 9.91. The molecule has 2 N–H and O–H groups in total. The molecule has 8 nitrogen and oxygen atoms in total. The normalized spacial score (nSPS) is 17.7. The van der Waals surface area contributed by atoms with Crippen molar-refractivity contribution in [2.45, 2.75) is 45.8 Å². The Bertz CT molecular complexity index is 1420. The number of likely N-dealkylation sites (N-methyl/N-ethyl adjacent to an activating group) is 1. The second-order valence-corrected chi connectivity index (χ2v) is 10.1. The number of nitrogens with zero attached hydrogens (tertiary/aromatic N) is 3. The third kappa shape index (κ3) is 5.27. The van der Waals surface area contributed by atoms with Gasteiger partial charge in [-0.25, -0.2) is 4.79 Å². The first-order valence-corrected chi connectivity index (χ1v) is 13.3. The lowest BCUT2D eigenvalue weighted by Crippen LogP contribution is -2.49. The van der Waals surface area contributed by atoms with Crippen molar-refractivity contribution in [3.8, 4) is 0 Å². The minimum Gasteiger partial charge on any atom is -0.350 e. The van der Waals surface area contributed by atoms with Crippen LogP contribution in [0.5, 0.6) is 0 Å². The van der Waals surface area contributed by atoms with Gasteiger partial charge in [-0.3, -0.25) is 19.5 Å². The van der Waals surface area contributed by atoms with Gasteiger partial charge in [0.05, 0.1) is 23.9 Å². The zero-order valence-electron chi connectivity index (χ0n) is 22.5. The van der Waals surface area contributed by atoms with Gasteiger partial charge in [-0.05, 0) is 55.2 Å². The van der Waals surface area contributed by atoms with Crippen molar-refractivity contribution in [2.75, 3.05) is 13.1 Å². The fraction of sp³-hybridized carbons (Fsp3) is 0.290. The van der Waals surface area contributed by atoms with Crippen LogP contribution < -0.4 is 10.6 Å². The molecule has 0 bridgehead atoms. The Labute approximate surface area is 228 Å². The van der Waals surface area contributed by atoms with Gasteiger partial charge in [-0.15, -0.1) is 0 Å². The zero-order chi connectivity index (χ0) is 27.5. The largest absolute Gasteiger partial charge is 0.350 e. The van der Waals surface area contributed by atoms with Crippen molar-refractivity contribution < 1.29 is 14.4 Å². The average molecular weight is 524 g/mol. The molecule has 0 spiro atoms. The maximum Gasteiger partial charge on any atom is 0.322 e. The number of amides is 4. The smallest absolute Gasteiger partial charge is 0.322 e. The van der Waals surface area contributed by atoms with E-state index in [-0.39, 0.29) is 24.4 Å². The van der Waals surface area contributed by atoms with Crippen molar-refractivity contribution in [1.82, 2.24) is 25.4 Å². The Hall–Kier alpha value is -4.46. The van der Waals surface area contributed by atoms with Crippen LogP contribution >= 0.6 is 0 Å². The van der Waals surface area contributed by atoms with Crippen molar-refractivity contribution in [2.24, 2.45) is 0 Å². The summed E-state index contributed by atoms with van der Waals surface area (Å²) < 4.78 is 0. The summed E-state index contributed by atoms with van der Waals surface area (Å²) in [5.41, 5.74) is 6.06. The molecule has 0 radical (unpaired) electrons. The molecule has 8 heteroatoms. The third-order valence-electron chi connectivity index (χ3n) is 7.47. The molecule has 2 aromatic carbocycles. The first-order valence-electron chi connectivity index (χ1n) is 13.3. The Morgan fingerprint density at radius 3 is 2.49 bits per heavy atom. The monoisotopic (exact) mass is 523 g/mol. The van der Waals surface area contributed by atoms with E-state index >= 15 is 0 Å². The van der Waals surface area contributed by atoms with E-state index in [1.807, 2.05) is 75.4 Å². The minimum absolute atomic E-state index is 0.191. The van der Waals surface area contributed by atoms with Crippen molar-refractivity contribution in [3.05, 3.63) is 112 Å². The summed E-state index contributed by atoms with van der Waals surface area (Å²) >= 11 is 0. The lowest BCUT2D eigenvalue weighted by molar-refractivity contribution is -0.136. The highest BCUT2D eigenvalue weighted by Gasteiger charge is 2.47. The molecule has 0 saturated heterocycles. The molecule has 0 fully saturated rings. The summed E-state index contributed by atoms with van der Waals surface area (Å²) in [4.78, 5) is 48.3. The van der Waals surface area contributed by atoms with Crippen LogP contribution in [-0.2, 0) is 22.6 Å². The van der Waals surface area contributed by atoms with E-state index in [1.165, 1.54) is 0 Å². The van der Waals surface area contributed by atoms with Crippen molar-refractivity contribution in [3.63, 3.8) is 0 Å². The van der Waals surface area contributed by atoms with Crippen LogP contribution in [-0.4, -0.2) is 51.8 Å². The molecule has 1 aromatic heterocycles. The average Bonchev–Trinajstić information content (AvgIpc) is 3.27. The number of aromatic nitrogens is 1. The van der Waals surface area contributed by atoms with Crippen LogP contribution in [0.25, 0.3) is 0 Å². The number of nitrogens with one attached hydrogen (secondary N) is 2. The molecule has 4 amide bonds. The topological polar surface area (TPSA) is 94.6 Å². The molecule has 2 atom stereocenters. The van der Waals surface area contributed by atoms with Crippen LogP contribution in [0.2, 0.25) is 0 Å². The second kappa shape index (κ2) is 11.1. The molecule has 2 aliphatic heterocycles. The number of hydrogen-bond donors (Lipinski definition) is 2. The SMILES string of the molecule is CCN1C(=O)NC(c2ccc(C)cc2C)C2=C1CN(C(Cc1ccccc1)C(=O)NCc1ccncc1)C2=O. The van der Waals surface area contributed by atoms with E-state index in [2.05, 4.69) is 21.7 Å². The fourth-order valence-electron chi connectivity index (χ4n) is 5.47. The molecule has 2 aliphatic rings. The van der Waals surface area contributed by atoms with Crippen LogP contribution in [0, 0.1) is 13.8 Å². The number of carbonyl (C=O) groups excluding carboxylic acids is 3. The molecule has 0 aliphatic carbocycles. The van der Waals surface area contributed by atoms with Gasteiger partial charge in [0.1, 0.15) is 6.04 Å². The van der Waals surface area contributed by atoms with Gasteiger partial charge in [-0.2, -0.15) is 0 Å². The van der Waals surface area contributed by atoms with Gasteiger partial charge in [0.2, 0.25) is 5.91 Å². The number of rotatable bonds is 8. The van der Waals surface area contributed by atoms with Gasteiger partial charge in [0.25, 0.3) is 5.91 Å². The number of benzene rings is 2. The molecule has 5 rings (SSSR count). The molecular weight excluding hydrogens is 490 g/mol. The number of pyridine rings is 1. The van der Waals surface area contributed by atoms with Crippen LogP contribution in [0.3, 0.4) is 0 Å². The number of aryl methyl sites for hydroxylation is 2. The van der Waals surface area contributed by atoms with E-state index in [0.29, 0.717) is 30.8 Å². The van der Waals surface area contributed by atoms with Gasteiger partial charge in [-0.1, -0.05) is 54.1 Å². The van der Waals surface area contributed by atoms with E-state index in [9.17, 15) is 14.4 Å². The maximum absolute atomic E-state index is 14.2. The minimum atomic E-state index is -0.749. The first kappa shape index (κ1) is 26.2. The van der Waals surface area contributed by atoms with Crippen LogP contribution in [0.1, 0.15) is 40.8 Å². The third-order valence-corrected chi connectivity index (χ3v) is 7.47. The number of hydrogen-bond acceptors (Lipinski definition) is 4. The maximum atomic E-state index is 14.2. The molecule has 39 heavy (non-hydrogen) atoms. The number of urea groups is 1. The van der Waals surface area contributed by atoms with E-state index in [1.54, 1.807) is 22.2 Å². The highest BCUT2D eigenvalue weighted by Crippen LogP contribution is 2.38. The summed E-state index contributed by atoms with van der Waals surface area (Å²) in [5, 5.41) is 6.07. The summed E-state index contributed by atoms with van der Waals surface area (Å²) in [5.74, 6) is -0.470. The predicted octanol–water partition coefficient (Wildman–Crippen LogP) is 3.81.